The second kappa shape index (κ2) is 8.96. The molecule has 2 aromatic rings. The molecule has 1 fully saturated rings. The zero-order chi connectivity index (χ0) is 24.6. The van der Waals surface area contributed by atoms with Crippen LogP contribution in [-0.4, -0.2) is 48.1 Å². The molecule has 0 saturated carbocycles. The van der Waals surface area contributed by atoms with Crippen molar-refractivity contribution >= 4 is 16.0 Å². The van der Waals surface area contributed by atoms with Gasteiger partial charge in [0.1, 0.15) is 12.4 Å². The summed E-state index contributed by atoms with van der Waals surface area (Å²) in [5.74, 6) is -1.17. The van der Waals surface area contributed by atoms with Gasteiger partial charge in [0, 0.05) is 12.1 Å². The number of sulfonamides is 1. The smallest absolute Gasteiger partial charge is 0.416 e. The van der Waals surface area contributed by atoms with Crippen LogP contribution in [0.2, 0.25) is 0 Å². The predicted octanol–water partition coefficient (Wildman–Crippen LogP) is 3.93. The standard InChI is InChI=1S/C22H24F3NO6S/c1-14-12-26(19(20(27)28)21(2,3)32-14)33(29,30)17-10-8-16(9-11-17)31-13-15-6-4-5-7-18(15)22(23,24)25/h4-11,14,19H,12-13H2,1-3H3,(H,27,28). The van der Waals surface area contributed by atoms with Gasteiger partial charge in [-0.2, -0.15) is 17.5 Å². The van der Waals surface area contributed by atoms with E-state index in [1.54, 1.807) is 6.92 Å². The van der Waals surface area contributed by atoms with E-state index in [1.165, 1.54) is 56.3 Å². The summed E-state index contributed by atoms with van der Waals surface area (Å²) in [4.78, 5) is 11.7. The van der Waals surface area contributed by atoms with E-state index in [0.717, 1.165) is 10.4 Å². The number of carboxylic acids is 1. The Bertz CT molecular complexity index is 1120. The monoisotopic (exact) mass is 487 g/mol. The van der Waals surface area contributed by atoms with Crippen LogP contribution in [0, 0.1) is 0 Å². The molecule has 2 unspecified atom stereocenters. The minimum atomic E-state index is -4.53. The number of ether oxygens (including phenoxy) is 2. The fourth-order valence-electron chi connectivity index (χ4n) is 3.91. The molecule has 0 radical (unpaired) electrons. The van der Waals surface area contributed by atoms with E-state index in [9.17, 15) is 31.5 Å². The largest absolute Gasteiger partial charge is 0.489 e. The molecule has 0 aromatic heterocycles. The highest BCUT2D eigenvalue weighted by atomic mass is 32.2. The van der Waals surface area contributed by atoms with Crippen LogP contribution in [-0.2, 0) is 32.3 Å². The van der Waals surface area contributed by atoms with Crippen LogP contribution in [0.15, 0.2) is 53.4 Å². The zero-order valence-corrected chi connectivity index (χ0v) is 19.0. The van der Waals surface area contributed by atoms with Gasteiger partial charge in [0.15, 0.2) is 6.04 Å². The average Bonchev–Trinajstić information content (AvgIpc) is 2.70. The van der Waals surface area contributed by atoms with E-state index in [0.29, 0.717) is 0 Å². The van der Waals surface area contributed by atoms with Crippen molar-refractivity contribution in [3.8, 4) is 5.75 Å². The van der Waals surface area contributed by atoms with Gasteiger partial charge in [0.2, 0.25) is 10.0 Å². The second-order valence-corrected chi connectivity index (χ2v) is 10.2. The van der Waals surface area contributed by atoms with Gasteiger partial charge in [-0.1, -0.05) is 18.2 Å². The summed E-state index contributed by atoms with van der Waals surface area (Å²) >= 11 is 0. The maximum atomic E-state index is 13.2. The summed E-state index contributed by atoms with van der Waals surface area (Å²) in [6.45, 7) is 4.17. The third-order valence-corrected chi connectivity index (χ3v) is 7.12. The Morgan fingerprint density at radius 2 is 1.79 bits per heavy atom. The van der Waals surface area contributed by atoms with Crippen molar-refractivity contribution in [1.82, 2.24) is 4.31 Å². The van der Waals surface area contributed by atoms with Gasteiger partial charge in [-0.25, -0.2) is 8.42 Å². The van der Waals surface area contributed by atoms with E-state index in [-0.39, 0.29) is 29.4 Å². The highest BCUT2D eigenvalue weighted by molar-refractivity contribution is 7.89. The molecule has 3 rings (SSSR count). The Hall–Kier alpha value is -2.63. The highest BCUT2D eigenvalue weighted by Crippen LogP contribution is 2.34. The molecule has 0 amide bonds. The van der Waals surface area contributed by atoms with Crippen LogP contribution in [0.25, 0.3) is 0 Å². The Balaban J connectivity index is 1.82. The van der Waals surface area contributed by atoms with Crippen molar-refractivity contribution < 1.29 is 41.0 Å². The topological polar surface area (TPSA) is 93.1 Å². The summed E-state index contributed by atoms with van der Waals surface area (Å²) < 4.78 is 77.8. The lowest BCUT2D eigenvalue weighted by Gasteiger charge is -2.45. The first kappa shape index (κ1) is 25.0. The van der Waals surface area contributed by atoms with Gasteiger partial charge >= 0.3 is 12.1 Å². The van der Waals surface area contributed by atoms with Gasteiger partial charge < -0.3 is 14.6 Å². The zero-order valence-electron chi connectivity index (χ0n) is 18.2. The summed E-state index contributed by atoms with van der Waals surface area (Å²) in [7, 11) is -4.20. The number of benzene rings is 2. The molecule has 180 valence electrons. The Kier molecular flexibility index (Phi) is 6.79. The maximum Gasteiger partial charge on any atom is 0.416 e. The maximum absolute atomic E-state index is 13.2. The van der Waals surface area contributed by atoms with Gasteiger partial charge in [-0.15, -0.1) is 0 Å². The van der Waals surface area contributed by atoms with E-state index in [1.807, 2.05) is 0 Å². The van der Waals surface area contributed by atoms with Crippen LogP contribution in [0.3, 0.4) is 0 Å². The van der Waals surface area contributed by atoms with Gasteiger partial charge in [0.05, 0.1) is 22.2 Å². The number of morpholine rings is 1. The number of carboxylic acid groups (broad SMARTS) is 1. The van der Waals surface area contributed by atoms with Crippen molar-refractivity contribution in [3.63, 3.8) is 0 Å². The minimum absolute atomic E-state index is 0.0597. The van der Waals surface area contributed by atoms with Crippen molar-refractivity contribution in [2.24, 2.45) is 0 Å². The quantitative estimate of drug-likeness (QED) is 0.664. The highest BCUT2D eigenvalue weighted by Gasteiger charge is 2.50. The molecule has 0 aliphatic carbocycles. The van der Waals surface area contributed by atoms with Crippen molar-refractivity contribution in [2.75, 3.05) is 6.54 Å². The molecule has 1 heterocycles. The van der Waals surface area contributed by atoms with Gasteiger partial charge in [0.25, 0.3) is 0 Å². The number of aliphatic carboxylic acids is 1. The van der Waals surface area contributed by atoms with E-state index in [2.05, 4.69) is 0 Å². The average molecular weight is 487 g/mol. The molecule has 2 atom stereocenters. The summed E-state index contributed by atoms with van der Waals surface area (Å²) in [5, 5.41) is 9.66. The molecular formula is C22H24F3NO6S. The Morgan fingerprint density at radius 1 is 1.18 bits per heavy atom. The lowest BCUT2D eigenvalue weighted by Crippen LogP contribution is -2.63. The van der Waals surface area contributed by atoms with Crippen LogP contribution in [0.5, 0.6) is 5.75 Å². The number of alkyl halides is 3. The molecule has 1 N–H and O–H groups in total. The van der Waals surface area contributed by atoms with E-state index in [4.69, 9.17) is 9.47 Å². The van der Waals surface area contributed by atoms with Crippen molar-refractivity contribution in [3.05, 3.63) is 59.7 Å². The molecule has 1 saturated heterocycles. The Morgan fingerprint density at radius 3 is 2.36 bits per heavy atom. The fourth-order valence-corrected chi connectivity index (χ4v) is 5.69. The normalized spacial score (nSPS) is 21.5. The summed E-state index contributed by atoms with van der Waals surface area (Å²) in [5.41, 5.74) is -2.13. The minimum Gasteiger partial charge on any atom is -0.489 e. The summed E-state index contributed by atoms with van der Waals surface area (Å²) in [6, 6.07) is 8.65. The van der Waals surface area contributed by atoms with Crippen LogP contribution in [0.1, 0.15) is 31.9 Å². The third kappa shape index (κ3) is 5.31. The van der Waals surface area contributed by atoms with E-state index >= 15 is 0 Å². The van der Waals surface area contributed by atoms with E-state index < -0.39 is 45.5 Å². The lowest BCUT2D eigenvalue weighted by molar-refractivity contribution is -0.174. The Labute approximate surface area is 189 Å². The number of nitrogens with zero attached hydrogens (tertiary/aromatic N) is 1. The molecule has 1 aliphatic rings. The third-order valence-electron chi connectivity index (χ3n) is 5.27. The SMILES string of the molecule is CC1CN(S(=O)(=O)c2ccc(OCc3ccccc3C(F)(F)F)cc2)C(C(=O)O)C(C)(C)O1. The van der Waals surface area contributed by atoms with Crippen molar-refractivity contribution in [1.29, 1.82) is 0 Å². The first-order valence-electron chi connectivity index (χ1n) is 10.0. The molecule has 33 heavy (non-hydrogen) atoms. The second-order valence-electron chi connectivity index (χ2n) is 8.26. The molecule has 7 nitrogen and oxygen atoms in total. The fraction of sp³-hybridized carbons (Fsp3) is 0.409. The molecule has 0 spiro atoms. The molecule has 11 heteroatoms. The number of hydrogen-bond acceptors (Lipinski definition) is 5. The van der Waals surface area contributed by atoms with Crippen molar-refractivity contribution in [2.45, 2.75) is 56.2 Å². The number of rotatable bonds is 6. The molecular weight excluding hydrogens is 463 g/mol. The van der Waals surface area contributed by atoms with Gasteiger partial charge in [-0.05, 0) is 51.1 Å². The van der Waals surface area contributed by atoms with Crippen LogP contribution >= 0.6 is 0 Å². The first-order valence-corrected chi connectivity index (χ1v) is 11.5. The van der Waals surface area contributed by atoms with Crippen LogP contribution < -0.4 is 4.74 Å². The van der Waals surface area contributed by atoms with Crippen LogP contribution in [0.4, 0.5) is 13.2 Å². The lowest BCUT2D eigenvalue weighted by atomic mass is 9.96. The number of hydrogen-bond donors (Lipinski definition) is 1. The van der Waals surface area contributed by atoms with Gasteiger partial charge in [-0.3, -0.25) is 4.79 Å². The molecule has 2 aromatic carbocycles. The summed E-state index contributed by atoms with van der Waals surface area (Å²) in [6.07, 6.45) is -5.05. The molecule has 0 bridgehead atoms. The molecule has 1 aliphatic heterocycles. The number of carbonyl (C=O) groups is 1. The predicted molar refractivity (Wildman–Crippen MR) is 112 cm³/mol. The number of halogens is 3. The first-order chi connectivity index (χ1) is 15.2.